The third-order valence-corrected chi connectivity index (χ3v) is 3.65. The first kappa shape index (κ1) is 21.1. The third-order valence-electron chi connectivity index (χ3n) is 3.65. The molecule has 12 heteroatoms. The van der Waals surface area contributed by atoms with Gasteiger partial charge in [-0.1, -0.05) is 12.1 Å². The van der Waals surface area contributed by atoms with Crippen LogP contribution in [0.1, 0.15) is 6.42 Å². The number of nitrogens with one attached hydrogen (secondary N) is 2. The normalized spacial score (nSPS) is 16.6. The Morgan fingerprint density at radius 3 is 2.54 bits per heavy atom. The summed E-state index contributed by atoms with van der Waals surface area (Å²) >= 11 is 0. The van der Waals surface area contributed by atoms with Gasteiger partial charge in [-0.25, -0.2) is 9.18 Å². The number of carbonyl (C=O) groups excluding carboxylic acids is 4. The number of rotatable bonds is 5. The molecule has 2 rings (SSSR count). The Hall–Kier alpha value is -3.18. The van der Waals surface area contributed by atoms with Gasteiger partial charge in [0.2, 0.25) is 5.91 Å². The number of alkyl halides is 3. The van der Waals surface area contributed by atoms with Crippen LogP contribution in [0.5, 0.6) is 0 Å². The number of amides is 4. The van der Waals surface area contributed by atoms with Gasteiger partial charge in [0.1, 0.15) is 12.4 Å². The van der Waals surface area contributed by atoms with Crippen LogP contribution in [0.15, 0.2) is 24.3 Å². The van der Waals surface area contributed by atoms with Gasteiger partial charge >= 0.3 is 18.2 Å². The molecule has 1 heterocycles. The average Bonchev–Trinajstić information content (AvgIpc) is 2.99. The van der Waals surface area contributed by atoms with Crippen molar-refractivity contribution in [3.63, 3.8) is 0 Å². The molecule has 1 aromatic rings. The van der Waals surface area contributed by atoms with Crippen molar-refractivity contribution in [1.82, 2.24) is 10.6 Å². The molecule has 8 nitrogen and oxygen atoms in total. The number of imide groups is 1. The first-order valence-corrected chi connectivity index (χ1v) is 7.93. The molecule has 1 aromatic carbocycles. The second-order valence-corrected chi connectivity index (χ2v) is 5.81. The van der Waals surface area contributed by atoms with E-state index < -0.39 is 54.9 Å². The Balaban J connectivity index is 1.80. The topological polar surface area (TPSA) is 105 Å². The second-order valence-electron chi connectivity index (χ2n) is 5.81. The fourth-order valence-electron chi connectivity index (χ4n) is 2.41. The van der Waals surface area contributed by atoms with Gasteiger partial charge in [0.05, 0.1) is 11.6 Å². The van der Waals surface area contributed by atoms with Crippen LogP contribution in [0, 0.1) is 11.7 Å². The summed E-state index contributed by atoms with van der Waals surface area (Å²) in [4.78, 5) is 47.6. The van der Waals surface area contributed by atoms with Gasteiger partial charge in [-0.2, -0.15) is 13.2 Å². The summed E-state index contributed by atoms with van der Waals surface area (Å²) in [6, 6.07) is 4.08. The largest absolute Gasteiger partial charge is 0.455 e. The predicted octanol–water partition coefficient (Wildman–Crippen LogP) is 1.11. The van der Waals surface area contributed by atoms with E-state index in [1.165, 1.54) is 23.5 Å². The molecule has 1 aliphatic rings. The van der Waals surface area contributed by atoms with Crippen LogP contribution in [-0.2, 0) is 19.1 Å². The first-order valence-electron chi connectivity index (χ1n) is 7.93. The van der Waals surface area contributed by atoms with Crippen molar-refractivity contribution < 1.29 is 41.5 Å². The highest BCUT2D eigenvalue weighted by Gasteiger charge is 2.37. The van der Waals surface area contributed by atoms with Crippen LogP contribution in [-0.4, -0.2) is 49.7 Å². The van der Waals surface area contributed by atoms with E-state index in [1.807, 2.05) is 0 Å². The fourth-order valence-corrected chi connectivity index (χ4v) is 2.41. The molecule has 0 unspecified atom stereocenters. The van der Waals surface area contributed by atoms with Crippen LogP contribution in [0.25, 0.3) is 0 Å². The SMILES string of the molecule is O=C(COC(=O)[C@@H]1CC(=O)N(c2ccccc2F)C1)NC(=O)NCC(F)(F)F. The molecule has 0 bridgehead atoms. The molecule has 1 aliphatic heterocycles. The monoisotopic (exact) mass is 405 g/mol. The predicted molar refractivity (Wildman–Crippen MR) is 85.4 cm³/mol. The van der Waals surface area contributed by atoms with E-state index in [9.17, 15) is 36.7 Å². The Bertz CT molecular complexity index is 784. The van der Waals surface area contributed by atoms with E-state index >= 15 is 0 Å². The van der Waals surface area contributed by atoms with Gasteiger partial charge in [-0.15, -0.1) is 0 Å². The van der Waals surface area contributed by atoms with Gasteiger partial charge in [0.15, 0.2) is 6.61 Å². The number of nitrogens with zero attached hydrogens (tertiary/aromatic N) is 1. The smallest absolute Gasteiger partial charge is 0.405 e. The highest BCUT2D eigenvalue weighted by atomic mass is 19.4. The Morgan fingerprint density at radius 2 is 1.89 bits per heavy atom. The zero-order chi connectivity index (χ0) is 20.9. The number of hydrogen-bond donors (Lipinski definition) is 2. The van der Waals surface area contributed by atoms with Crippen molar-refractivity contribution in [2.75, 3.05) is 24.6 Å². The molecule has 1 fully saturated rings. The molecule has 1 atom stereocenters. The highest BCUT2D eigenvalue weighted by Crippen LogP contribution is 2.27. The van der Waals surface area contributed by atoms with Crippen LogP contribution in [0.3, 0.4) is 0 Å². The van der Waals surface area contributed by atoms with E-state index in [-0.39, 0.29) is 18.7 Å². The minimum atomic E-state index is -4.65. The first-order chi connectivity index (χ1) is 13.1. The average molecular weight is 405 g/mol. The quantitative estimate of drug-likeness (QED) is 0.564. The maximum Gasteiger partial charge on any atom is 0.405 e. The number of ether oxygens (including phenoxy) is 1. The number of hydrogen-bond acceptors (Lipinski definition) is 5. The van der Waals surface area contributed by atoms with Gasteiger partial charge in [0, 0.05) is 13.0 Å². The van der Waals surface area contributed by atoms with E-state index in [4.69, 9.17) is 0 Å². The summed E-state index contributed by atoms with van der Waals surface area (Å²) in [6.45, 7) is -2.73. The molecular formula is C16H15F4N3O5. The standard InChI is InChI=1S/C16H15F4N3O5/c17-10-3-1-2-4-11(10)23-6-9(5-13(23)25)14(26)28-7-12(24)22-15(27)21-8-16(18,19)20/h1-4,9H,5-8H2,(H2,21,22,24,27)/t9-/m1/s1. The van der Waals surface area contributed by atoms with Crippen LogP contribution >= 0.6 is 0 Å². The van der Waals surface area contributed by atoms with Crippen molar-refractivity contribution in [3.05, 3.63) is 30.1 Å². The van der Waals surface area contributed by atoms with Gasteiger partial charge < -0.3 is 15.0 Å². The Labute approximate surface area is 155 Å². The maximum absolute atomic E-state index is 13.8. The summed E-state index contributed by atoms with van der Waals surface area (Å²) in [6.07, 6.45) is -4.91. The van der Waals surface area contributed by atoms with Crippen molar-refractivity contribution in [3.8, 4) is 0 Å². The summed E-state index contributed by atoms with van der Waals surface area (Å²) in [5, 5.41) is 2.96. The number of benzene rings is 1. The van der Waals surface area contributed by atoms with Crippen molar-refractivity contribution in [2.45, 2.75) is 12.6 Å². The molecule has 0 saturated carbocycles. The number of anilines is 1. The third kappa shape index (κ3) is 5.93. The van der Waals surface area contributed by atoms with Gasteiger partial charge in [-0.05, 0) is 12.1 Å². The lowest BCUT2D eigenvalue weighted by Gasteiger charge is -2.17. The molecule has 28 heavy (non-hydrogen) atoms. The van der Waals surface area contributed by atoms with Crippen molar-refractivity contribution in [1.29, 1.82) is 0 Å². The zero-order valence-electron chi connectivity index (χ0n) is 14.2. The van der Waals surface area contributed by atoms with E-state index in [2.05, 4.69) is 4.74 Å². The van der Waals surface area contributed by atoms with Crippen LogP contribution in [0.2, 0.25) is 0 Å². The van der Waals surface area contributed by atoms with E-state index in [1.54, 1.807) is 5.32 Å². The summed E-state index contributed by atoms with van der Waals surface area (Å²) in [7, 11) is 0. The Morgan fingerprint density at radius 1 is 1.21 bits per heavy atom. The lowest BCUT2D eigenvalue weighted by molar-refractivity contribution is -0.152. The summed E-state index contributed by atoms with van der Waals surface area (Å²) in [5.74, 6) is -4.20. The minimum Gasteiger partial charge on any atom is -0.455 e. The second kappa shape index (κ2) is 8.67. The molecule has 0 aromatic heterocycles. The van der Waals surface area contributed by atoms with Crippen LogP contribution < -0.4 is 15.5 Å². The lowest BCUT2D eigenvalue weighted by atomic mass is 10.1. The molecule has 4 amide bonds. The zero-order valence-corrected chi connectivity index (χ0v) is 14.2. The number of halogens is 4. The molecule has 0 radical (unpaired) electrons. The van der Waals surface area contributed by atoms with Gasteiger partial charge in [0.25, 0.3) is 5.91 Å². The molecule has 152 valence electrons. The highest BCUT2D eigenvalue weighted by molar-refractivity contribution is 6.00. The minimum absolute atomic E-state index is 0.00174. The van der Waals surface area contributed by atoms with Crippen molar-refractivity contribution in [2.24, 2.45) is 5.92 Å². The Kier molecular flexibility index (Phi) is 6.54. The fraction of sp³-hybridized carbons (Fsp3) is 0.375. The van der Waals surface area contributed by atoms with E-state index in [0.29, 0.717) is 0 Å². The molecule has 0 aliphatic carbocycles. The number of esters is 1. The number of urea groups is 1. The lowest BCUT2D eigenvalue weighted by Crippen LogP contribution is -2.44. The van der Waals surface area contributed by atoms with Gasteiger partial charge in [-0.3, -0.25) is 19.7 Å². The number of carbonyl (C=O) groups is 4. The van der Waals surface area contributed by atoms with Crippen LogP contribution in [0.4, 0.5) is 28.0 Å². The maximum atomic E-state index is 13.8. The number of para-hydroxylation sites is 1. The molecular weight excluding hydrogens is 390 g/mol. The molecule has 0 spiro atoms. The van der Waals surface area contributed by atoms with Crippen molar-refractivity contribution >= 4 is 29.5 Å². The summed E-state index contributed by atoms with van der Waals surface area (Å²) in [5.41, 5.74) is 0.00174. The summed E-state index contributed by atoms with van der Waals surface area (Å²) < 4.78 is 54.3. The molecule has 1 saturated heterocycles. The van der Waals surface area contributed by atoms with E-state index in [0.717, 1.165) is 11.0 Å². The molecule has 2 N–H and O–H groups in total.